The summed E-state index contributed by atoms with van der Waals surface area (Å²) in [4.78, 5) is 28.2. The highest BCUT2D eigenvalue weighted by Gasteiger charge is 2.34. The van der Waals surface area contributed by atoms with Crippen LogP contribution in [0.2, 0.25) is 0 Å². The number of nitrogens with one attached hydrogen (secondary N) is 2. The molecular formula is C28H44N8O3S. The van der Waals surface area contributed by atoms with E-state index in [2.05, 4.69) is 50.7 Å². The van der Waals surface area contributed by atoms with Crippen molar-refractivity contribution in [1.82, 2.24) is 25.0 Å². The van der Waals surface area contributed by atoms with Gasteiger partial charge in [-0.05, 0) is 63.2 Å². The fourth-order valence-electron chi connectivity index (χ4n) is 6.41. The van der Waals surface area contributed by atoms with E-state index in [9.17, 15) is 9.00 Å². The molecule has 1 aliphatic heterocycles. The Morgan fingerprint density at radius 1 is 1.23 bits per heavy atom. The second kappa shape index (κ2) is 12.3. The molecule has 3 aliphatic rings. The topological polar surface area (TPSA) is 146 Å². The Morgan fingerprint density at radius 3 is 2.60 bits per heavy atom. The highest BCUT2D eigenvalue weighted by atomic mass is 32.2. The molecular weight excluding hydrogens is 528 g/mol. The van der Waals surface area contributed by atoms with Crippen LogP contribution in [0.1, 0.15) is 71.6 Å². The number of hydrogen-bond acceptors (Lipinski definition) is 10. The average molecular weight is 573 g/mol. The molecule has 11 nitrogen and oxygen atoms in total. The van der Waals surface area contributed by atoms with Crippen molar-refractivity contribution in [1.29, 1.82) is 0 Å². The number of nitrogen functional groups attached to an aromatic ring is 1. The summed E-state index contributed by atoms with van der Waals surface area (Å²) in [7, 11) is -0.907. The normalized spacial score (nSPS) is 24.9. The molecule has 2 aliphatic carbocycles. The molecule has 0 radical (unpaired) electrons. The molecule has 220 valence electrons. The van der Waals surface area contributed by atoms with Gasteiger partial charge in [0.25, 0.3) is 0 Å². The van der Waals surface area contributed by atoms with Crippen LogP contribution < -0.4 is 21.7 Å². The van der Waals surface area contributed by atoms with Crippen molar-refractivity contribution in [2.75, 3.05) is 41.0 Å². The second-order valence-corrected chi connectivity index (χ2v) is 13.6. The summed E-state index contributed by atoms with van der Waals surface area (Å²) in [6.07, 6.45) is 12.1. The molecule has 5 rings (SSSR count). The first-order valence-corrected chi connectivity index (χ1v) is 16.5. The molecule has 0 bridgehead atoms. The Balaban J connectivity index is 1.55. The van der Waals surface area contributed by atoms with E-state index in [4.69, 9.17) is 15.2 Å². The summed E-state index contributed by atoms with van der Waals surface area (Å²) in [6.45, 7) is 10.7. The van der Waals surface area contributed by atoms with Gasteiger partial charge in [0.2, 0.25) is 11.6 Å². The van der Waals surface area contributed by atoms with Crippen molar-refractivity contribution < 1.29 is 8.73 Å². The fraction of sp³-hybridized carbons (Fsp3) is 0.714. The molecule has 0 aromatic carbocycles. The van der Waals surface area contributed by atoms with Gasteiger partial charge in [-0.2, -0.15) is 0 Å². The van der Waals surface area contributed by atoms with Crippen LogP contribution in [-0.4, -0.2) is 66.4 Å². The maximum atomic E-state index is 12.2. The number of anilines is 3. The maximum Gasteiger partial charge on any atom is 0.439 e. The zero-order valence-electron chi connectivity index (χ0n) is 24.0. The maximum absolute atomic E-state index is 12.2. The van der Waals surface area contributed by atoms with Gasteiger partial charge < -0.3 is 20.9 Å². The third-order valence-corrected chi connectivity index (χ3v) is 9.93. The molecule has 1 saturated heterocycles. The Kier molecular flexibility index (Phi) is 8.82. The van der Waals surface area contributed by atoms with Crippen LogP contribution in [0, 0.1) is 17.8 Å². The first-order chi connectivity index (χ1) is 19.2. The highest BCUT2D eigenvalue weighted by Crippen LogP contribution is 2.40. The Labute approximate surface area is 238 Å². The first kappa shape index (κ1) is 28.6. The number of aromatic nitrogens is 4. The summed E-state index contributed by atoms with van der Waals surface area (Å²) >= 11 is 0. The molecule has 2 aromatic heterocycles. The molecule has 2 saturated carbocycles. The molecule has 3 fully saturated rings. The standard InChI is InChI=1S/C28H44N8O3S/c1-17-10-12-20(13-11-17)15-36(19(3)35-14-6-9-22(35)16-40(4)38)23-24(29)31-26(27-33-28(37)39-34-27)32-25(23)30-18(2)21-7-5-8-21/h17-18,20-22H,3,5-16H2,1-2,4H3,(H,33,34,37)(H3,29,30,31,32)/t17?,18-,20?,22?,40?/m1/s1. The third kappa shape index (κ3) is 6.37. The minimum atomic E-state index is -0.907. The summed E-state index contributed by atoms with van der Waals surface area (Å²) < 4.78 is 16.9. The van der Waals surface area contributed by atoms with Crippen LogP contribution in [0.25, 0.3) is 11.6 Å². The fourth-order valence-corrected chi connectivity index (χ4v) is 7.30. The molecule has 2 unspecified atom stereocenters. The van der Waals surface area contributed by atoms with Crippen LogP contribution in [0.15, 0.2) is 21.7 Å². The quantitative estimate of drug-likeness (QED) is 0.362. The average Bonchev–Trinajstić information content (AvgIpc) is 3.51. The van der Waals surface area contributed by atoms with Crippen molar-refractivity contribution in [2.45, 2.75) is 83.7 Å². The van der Waals surface area contributed by atoms with Crippen LogP contribution >= 0.6 is 0 Å². The minimum Gasteiger partial charge on any atom is -0.382 e. The first-order valence-electron chi connectivity index (χ1n) is 14.7. The van der Waals surface area contributed by atoms with Gasteiger partial charge in [0.1, 0.15) is 11.5 Å². The van der Waals surface area contributed by atoms with Gasteiger partial charge >= 0.3 is 5.76 Å². The molecule has 3 atom stereocenters. The van der Waals surface area contributed by atoms with Crippen LogP contribution in [-0.2, 0) is 10.8 Å². The van der Waals surface area contributed by atoms with Crippen LogP contribution in [0.4, 0.5) is 17.3 Å². The van der Waals surface area contributed by atoms with E-state index < -0.39 is 16.6 Å². The number of aromatic amines is 1. The van der Waals surface area contributed by atoms with E-state index in [1.54, 1.807) is 6.26 Å². The van der Waals surface area contributed by atoms with Crippen LogP contribution in [0.3, 0.4) is 0 Å². The van der Waals surface area contributed by atoms with Gasteiger partial charge in [-0.15, -0.1) is 0 Å². The predicted molar refractivity (Wildman–Crippen MR) is 159 cm³/mol. The van der Waals surface area contributed by atoms with Gasteiger partial charge in [0.05, 0.1) is 0 Å². The third-order valence-electron chi connectivity index (χ3n) is 9.08. The molecule has 4 N–H and O–H groups in total. The van der Waals surface area contributed by atoms with E-state index in [0.717, 1.165) is 50.5 Å². The zero-order valence-corrected chi connectivity index (χ0v) is 24.8. The van der Waals surface area contributed by atoms with E-state index in [-0.39, 0.29) is 29.6 Å². The number of hydrogen-bond donors (Lipinski definition) is 3. The van der Waals surface area contributed by atoms with E-state index >= 15 is 0 Å². The summed E-state index contributed by atoms with van der Waals surface area (Å²) in [5.41, 5.74) is 7.45. The Morgan fingerprint density at radius 2 is 1.98 bits per heavy atom. The molecule has 3 heterocycles. The summed E-state index contributed by atoms with van der Waals surface area (Å²) in [6, 6.07) is 0.345. The van der Waals surface area contributed by atoms with E-state index in [1.807, 2.05) is 0 Å². The van der Waals surface area contributed by atoms with E-state index in [0.29, 0.717) is 29.1 Å². The van der Waals surface area contributed by atoms with E-state index in [1.165, 1.54) is 32.1 Å². The Hall–Kier alpha value is -2.89. The van der Waals surface area contributed by atoms with Crippen molar-refractivity contribution in [3.05, 3.63) is 23.0 Å². The summed E-state index contributed by atoms with van der Waals surface area (Å²) in [5, 5.41) is 7.45. The lowest BCUT2D eigenvalue weighted by Crippen LogP contribution is -2.43. The van der Waals surface area contributed by atoms with Crippen molar-refractivity contribution in [3.63, 3.8) is 0 Å². The zero-order chi connectivity index (χ0) is 28.4. The second-order valence-electron chi connectivity index (χ2n) is 12.1. The van der Waals surface area contributed by atoms with Gasteiger partial charge in [-0.3, -0.25) is 13.7 Å². The monoisotopic (exact) mass is 572 g/mol. The lowest BCUT2D eigenvalue weighted by Gasteiger charge is -2.40. The molecule has 2 aromatic rings. The number of H-pyrrole nitrogens is 1. The number of rotatable bonds is 11. The summed E-state index contributed by atoms with van der Waals surface area (Å²) in [5.74, 6) is 3.80. The molecule has 12 heteroatoms. The lowest BCUT2D eigenvalue weighted by molar-refractivity contribution is 0.280. The lowest BCUT2D eigenvalue weighted by atomic mass is 9.80. The molecule has 0 spiro atoms. The number of nitrogens with two attached hydrogens (primary N) is 1. The van der Waals surface area contributed by atoms with Crippen LogP contribution in [0.5, 0.6) is 0 Å². The van der Waals surface area contributed by atoms with Gasteiger partial charge in [-0.25, -0.2) is 14.8 Å². The molecule has 0 amide bonds. The Bertz CT molecular complexity index is 1270. The number of likely N-dealkylation sites (tertiary alicyclic amines) is 1. The molecule has 40 heavy (non-hydrogen) atoms. The minimum absolute atomic E-state index is 0.138. The van der Waals surface area contributed by atoms with Gasteiger partial charge in [0, 0.05) is 48.0 Å². The van der Waals surface area contributed by atoms with Gasteiger partial charge in [-0.1, -0.05) is 37.9 Å². The number of nitrogens with zero attached hydrogens (tertiary/aromatic N) is 5. The van der Waals surface area contributed by atoms with Crippen molar-refractivity contribution in [2.24, 2.45) is 17.8 Å². The SMILES string of the molecule is C=C(N(CC1CCC(C)CC1)c1c(N)nc(-c2noc(=O)[nH]2)nc1N[C@H](C)C1CCC1)N1CCCC1CS(C)=O. The smallest absolute Gasteiger partial charge is 0.382 e. The highest BCUT2D eigenvalue weighted by molar-refractivity contribution is 7.84. The largest absolute Gasteiger partial charge is 0.439 e. The van der Waals surface area contributed by atoms with Crippen molar-refractivity contribution >= 4 is 28.1 Å². The van der Waals surface area contributed by atoms with Crippen molar-refractivity contribution in [3.8, 4) is 11.6 Å². The van der Waals surface area contributed by atoms with Gasteiger partial charge in [0.15, 0.2) is 11.6 Å². The predicted octanol–water partition coefficient (Wildman–Crippen LogP) is 3.95.